The predicted octanol–water partition coefficient (Wildman–Crippen LogP) is 1.70. The highest BCUT2D eigenvalue weighted by atomic mass is 35.5. The molecular weight excluding hydrogens is 184 g/mol. The summed E-state index contributed by atoms with van der Waals surface area (Å²) in [7, 11) is 0. The van der Waals surface area contributed by atoms with E-state index in [1.54, 1.807) is 6.92 Å². The third-order valence-electron chi connectivity index (χ3n) is 1.10. The van der Waals surface area contributed by atoms with Crippen molar-refractivity contribution >= 4 is 23.0 Å². The molecule has 0 saturated carbocycles. The van der Waals surface area contributed by atoms with Crippen molar-refractivity contribution < 1.29 is 19.1 Å². The van der Waals surface area contributed by atoms with Crippen LogP contribution in [0.3, 0.4) is 0 Å². The lowest BCUT2D eigenvalue weighted by Gasteiger charge is -2.20. The molecule has 70 valence electrons. The number of carbonyl (C=O) groups is 2. The number of carbonyl (C=O) groups excluding carboxylic acids is 2. The van der Waals surface area contributed by atoms with Crippen LogP contribution in [0.2, 0.25) is 0 Å². The van der Waals surface area contributed by atoms with E-state index in [0.717, 1.165) is 0 Å². The summed E-state index contributed by atoms with van der Waals surface area (Å²) in [4.78, 5) is 21.3. The minimum atomic E-state index is -1.31. The van der Waals surface area contributed by atoms with Gasteiger partial charge in [-0.25, -0.2) is 9.59 Å². The van der Waals surface area contributed by atoms with Gasteiger partial charge in [0.25, 0.3) is 0 Å². The zero-order valence-electron chi connectivity index (χ0n) is 7.22. The maximum absolute atomic E-state index is 11.0. The fraction of sp³-hybridized carbons (Fsp3) is 0.714. The summed E-state index contributed by atoms with van der Waals surface area (Å²) < 4.78 is 9.14. The van der Waals surface area contributed by atoms with Crippen molar-refractivity contribution in [3.8, 4) is 0 Å². The lowest BCUT2D eigenvalue weighted by molar-refractivity contribution is -0.160. The molecule has 0 aliphatic carbocycles. The fourth-order valence-corrected chi connectivity index (χ4v) is 0.740. The summed E-state index contributed by atoms with van der Waals surface area (Å²) in [5.41, 5.74) is -2.33. The van der Waals surface area contributed by atoms with E-state index in [9.17, 15) is 9.59 Å². The van der Waals surface area contributed by atoms with Crippen LogP contribution in [0.4, 0.5) is 4.79 Å². The van der Waals surface area contributed by atoms with Gasteiger partial charge < -0.3 is 9.47 Å². The largest absolute Gasteiger partial charge is 0.463 e. The average molecular weight is 195 g/mol. The number of hydrogen-bond acceptors (Lipinski definition) is 4. The first kappa shape index (κ1) is 11.2. The highest BCUT2D eigenvalue weighted by Gasteiger charge is 2.32. The maximum Gasteiger partial charge on any atom is 0.404 e. The zero-order valence-corrected chi connectivity index (χ0v) is 7.97. The van der Waals surface area contributed by atoms with Gasteiger partial charge in [-0.15, -0.1) is 0 Å². The molecule has 0 radical (unpaired) electrons. The molecule has 0 aliphatic heterocycles. The van der Waals surface area contributed by atoms with Crippen LogP contribution in [0.5, 0.6) is 0 Å². The Kier molecular flexibility index (Phi) is 4.03. The number of esters is 1. The SMILES string of the molecule is CCOC(=O)C(C)(C)OC(=O)Cl. The van der Waals surface area contributed by atoms with E-state index in [2.05, 4.69) is 9.47 Å². The van der Waals surface area contributed by atoms with Gasteiger partial charge in [0.05, 0.1) is 6.61 Å². The van der Waals surface area contributed by atoms with Crippen molar-refractivity contribution in [3.63, 3.8) is 0 Å². The molecule has 0 N–H and O–H groups in total. The molecule has 4 nitrogen and oxygen atoms in total. The Morgan fingerprint density at radius 3 is 2.25 bits per heavy atom. The number of hydrogen-bond donors (Lipinski definition) is 0. The van der Waals surface area contributed by atoms with Crippen molar-refractivity contribution in [2.75, 3.05) is 6.61 Å². The van der Waals surface area contributed by atoms with Crippen LogP contribution < -0.4 is 0 Å². The van der Waals surface area contributed by atoms with Gasteiger partial charge in [-0.3, -0.25) is 0 Å². The van der Waals surface area contributed by atoms with Crippen LogP contribution >= 0.6 is 11.6 Å². The van der Waals surface area contributed by atoms with E-state index in [-0.39, 0.29) is 6.61 Å². The first-order valence-electron chi connectivity index (χ1n) is 3.46. The minimum Gasteiger partial charge on any atom is -0.463 e. The van der Waals surface area contributed by atoms with Crippen molar-refractivity contribution in [2.45, 2.75) is 26.4 Å². The average Bonchev–Trinajstić information content (AvgIpc) is 1.85. The smallest absolute Gasteiger partial charge is 0.404 e. The van der Waals surface area contributed by atoms with E-state index in [0.29, 0.717) is 0 Å². The Balaban J connectivity index is 4.18. The number of halogens is 1. The summed E-state index contributed by atoms with van der Waals surface area (Å²) in [6, 6.07) is 0. The molecule has 0 saturated heterocycles. The van der Waals surface area contributed by atoms with Crippen LogP contribution in [-0.2, 0) is 14.3 Å². The summed E-state index contributed by atoms with van der Waals surface area (Å²) in [6.45, 7) is 4.72. The standard InChI is InChI=1S/C7H11ClO4/c1-4-11-5(9)7(2,3)12-6(8)10/h4H2,1-3H3. The van der Waals surface area contributed by atoms with Crippen LogP contribution in [0.1, 0.15) is 20.8 Å². The zero-order chi connectivity index (χ0) is 9.78. The van der Waals surface area contributed by atoms with Gasteiger partial charge in [0.1, 0.15) is 0 Å². The highest BCUT2D eigenvalue weighted by Crippen LogP contribution is 2.13. The van der Waals surface area contributed by atoms with E-state index in [1.165, 1.54) is 13.8 Å². The lowest BCUT2D eigenvalue weighted by Crippen LogP contribution is -2.37. The molecule has 0 spiro atoms. The lowest BCUT2D eigenvalue weighted by atomic mass is 10.1. The third kappa shape index (κ3) is 3.57. The molecule has 0 heterocycles. The van der Waals surface area contributed by atoms with Crippen LogP contribution in [-0.4, -0.2) is 23.6 Å². The number of ether oxygens (including phenoxy) is 2. The molecule has 0 atom stereocenters. The molecule has 5 heteroatoms. The Morgan fingerprint density at radius 2 is 1.92 bits per heavy atom. The van der Waals surface area contributed by atoms with Gasteiger partial charge in [-0.2, -0.15) is 0 Å². The van der Waals surface area contributed by atoms with E-state index >= 15 is 0 Å². The van der Waals surface area contributed by atoms with E-state index < -0.39 is 17.0 Å². The van der Waals surface area contributed by atoms with Crippen LogP contribution in [0, 0.1) is 0 Å². The van der Waals surface area contributed by atoms with Crippen LogP contribution in [0.25, 0.3) is 0 Å². The summed E-state index contributed by atoms with van der Waals surface area (Å²) in [6.07, 6.45) is 0. The van der Waals surface area contributed by atoms with Gasteiger partial charge in [-0.1, -0.05) is 0 Å². The quantitative estimate of drug-likeness (QED) is 0.507. The minimum absolute atomic E-state index is 0.238. The number of rotatable bonds is 3. The Labute approximate surface area is 75.8 Å². The second-order valence-electron chi connectivity index (χ2n) is 2.57. The fourth-order valence-electron chi connectivity index (χ4n) is 0.547. The van der Waals surface area contributed by atoms with Gasteiger partial charge in [0.2, 0.25) is 5.60 Å². The second-order valence-corrected chi connectivity index (χ2v) is 2.88. The second kappa shape index (κ2) is 4.30. The van der Waals surface area contributed by atoms with Crippen LogP contribution in [0.15, 0.2) is 0 Å². The molecule has 12 heavy (non-hydrogen) atoms. The van der Waals surface area contributed by atoms with Gasteiger partial charge in [0.15, 0.2) is 0 Å². The highest BCUT2D eigenvalue weighted by molar-refractivity contribution is 6.61. The monoisotopic (exact) mass is 194 g/mol. The van der Waals surface area contributed by atoms with Crippen molar-refractivity contribution in [1.29, 1.82) is 0 Å². The first-order valence-corrected chi connectivity index (χ1v) is 3.83. The third-order valence-corrected chi connectivity index (χ3v) is 1.18. The molecule has 0 fully saturated rings. The molecule has 0 aliphatic rings. The van der Waals surface area contributed by atoms with Gasteiger partial charge in [0, 0.05) is 11.6 Å². The molecule has 0 amide bonds. The topological polar surface area (TPSA) is 52.6 Å². The summed E-state index contributed by atoms with van der Waals surface area (Å²) in [5, 5.41) is 0. The first-order chi connectivity index (χ1) is 5.40. The molecule has 0 rings (SSSR count). The molecular formula is C7H11ClO4. The molecule has 0 unspecified atom stereocenters. The Morgan fingerprint density at radius 1 is 1.42 bits per heavy atom. The molecule has 0 bridgehead atoms. The summed E-state index contributed by atoms with van der Waals surface area (Å²) in [5.74, 6) is -0.612. The molecule has 0 aromatic heterocycles. The molecule has 0 aromatic carbocycles. The van der Waals surface area contributed by atoms with E-state index in [4.69, 9.17) is 11.6 Å². The van der Waals surface area contributed by atoms with Crippen molar-refractivity contribution in [1.82, 2.24) is 0 Å². The van der Waals surface area contributed by atoms with Gasteiger partial charge in [-0.05, 0) is 20.8 Å². The Hall–Kier alpha value is -0.770. The Bertz CT molecular complexity index is 188. The maximum atomic E-state index is 11.0. The van der Waals surface area contributed by atoms with Crippen molar-refractivity contribution in [3.05, 3.63) is 0 Å². The van der Waals surface area contributed by atoms with Gasteiger partial charge >= 0.3 is 11.4 Å². The predicted molar refractivity (Wildman–Crippen MR) is 43.0 cm³/mol. The normalized spacial score (nSPS) is 10.7. The van der Waals surface area contributed by atoms with E-state index in [1.807, 2.05) is 0 Å². The summed E-state index contributed by atoms with van der Waals surface area (Å²) >= 11 is 4.94. The van der Waals surface area contributed by atoms with Crippen molar-refractivity contribution in [2.24, 2.45) is 0 Å². The molecule has 0 aromatic rings.